The van der Waals surface area contributed by atoms with E-state index in [2.05, 4.69) is 24.5 Å². The van der Waals surface area contributed by atoms with Crippen molar-refractivity contribution in [3.63, 3.8) is 0 Å². The van der Waals surface area contributed by atoms with Gasteiger partial charge in [0.15, 0.2) is 0 Å². The Labute approximate surface area is 116 Å². The molecular weight excluding hydrogens is 269 g/mol. The monoisotopic (exact) mass is 283 g/mol. The molecule has 0 saturated carbocycles. The van der Waals surface area contributed by atoms with E-state index in [4.69, 9.17) is 11.6 Å². The molecule has 1 unspecified atom stereocenters. The summed E-state index contributed by atoms with van der Waals surface area (Å²) in [5.74, 6) is -0.205. The minimum absolute atomic E-state index is 0.166. The number of hydrogen-bond donors (Lipinski definition) is 1. The molecule has 1 heterocycles. The molecule has 0 aliphatic heterocycles. The minimum atomic E-state index is -0.205. The van der Waals surface area contributed by atoms with Crippen LogP contribution in [0.1, 0.15) is 37.1 Å². The molecule has 0 aliphatic carbocycles. The third kappa shape index (κ3) is 3.31. The fourth-order valence-corrected chi connectivity index (χ4v) is 2.85. The van der Waals surface area contributed by atoms with Gasteiger partial charge in [0.2, 0.25) is 0 Å². The molecule has 0 saturated heterocycles. The zero-order valence-corrected chi connectivity index (χ0v) is 11.9. The average molecular weight is 284 g/mol. The molecule has 0 radical (unpaired) electrons. The molecular formula is C14H15ClFNS. The van der Waals surface area contributed by atoms with E-state index in [9.17, 15) is 4.39 Å². The summed E-state index contributed by atoms with van der Waals surface area (Å²) in [6, 6.07) is 8.94. The molecule has 1 nitrogen and oxygen atoms in total. The smallest absolute Gasteiger partial charge is 0.123 e. The number of nitrogens with one attached hydrogen (secondary N) is 1. The van der Waals surface area contributed by atoms with Crippen LogP contribution in [-0.2, 0) is 0 Å². The maximum atomic E-state index is 12.8. The van der Waals surface area contributed by atoms with E-state index in [-0.39, 0.29) is 17.9 Å². The van der Waals surface area contributed by atoms with Crippen LogP contribution in [-0.4, -0.2) is 0 Å². The molecule has 1 aromatic heterocycles. The summed E-state index contributed by atoms with van der Waals surface area (Å²) < 4.78 is 13.6. The van der Waals surface area contributed by atoms with E-state index in [1.807, 2.05) is 6.07 Å². The molecule has 1 aromatic carbocycles. The third-order valence-corrected chi connectivity index (χ3v) is 4.07. The Morgan fingerprint density at radius 3 is 2.28 bits per heavy atom. The van der Waals surface area contributed by atoms with Gasteiger partial charge >= 0.3 is 0 Å². The van der Waals surface area contributed by atoms with Crippen LogP contribution in [0.3, 0.4) is 0 Å². The highest BCUT2D eigenvalue weighted by Crippen LogP contribution is 2.26. The van der Waals surface area contributed by atoms with E-state index < -0.39 is 0 Å². The average Bonchev–Trinajstić information content (AvgIpc) is 2.76. The third-order valence-electron chi connectivity index (χ3n) is 2.96. The summed E-state index contributed by atoms with van der Waals surface area (Å²) in [5, 5.41) is 5.52. The number of halogens is 2. The highest BCUT2D eigenvalue weighted by Gasteiger charge is 2.12. The van der Waals surface area contributed by atoms with Gasteiger partial charge in [0.25, 0.3) is 0 Å². The normalized spacial score (nSPS) is 14.4. The number of thiophene rings is 1. The minimum Gasteiger partial charge on any atom is -0.304 e. The molecule has 2 aromatic rings. The van der Waals surface area contributed by atoms with Crippen molar-refractivity contribution in [2.24, 2.45) is 0 Å². The first-order valence-electron chi connectivity index (χ1n) is 5.81. The Kier molecular flexibility index (Phi) is 4.38. The summed E-state index contributed by atoms with van der Waals surface area (Å²) in [4.78, 5) is 0. The molecule has 0 fully saturated rings. The second-order valence-electron chi connectivity index (χ2n) is 4.35. The fourth-order valence-electron chi connectivity index (χ4n) is 1.87. The maximum absolute atomic E-state index is 12.8. The van der Waals surface area contributed by atoms with Gasteiger partial charge in [-0.25, -0.2) is 4.39 Å². The zero-order chi connectivity index (χ0) is 13.1. The fraction of sp³-hybridized carbons (Fsp3) is 0.286. The topological polar surface area (TPSA) is 12.0 Å². The van der Waals surface area contributed by atoms with Crippen molar-refractivity contribution in [3.8, 4) is 0 Å². The Bertz CT molecular complexity index is 509. The van der Waals surface area contributed by atoms with Gasteiger partial charge in [-0.3, -0.25) is 0 Å². The van der Waals surface area contributed by atoms with Crippen molar-refractivity contribution in [1.29, 1.82) is 0 Å². The van der Waals surface area contributed by atoms with Gasteiger partial charge in [0.1, 0.15) is 5.82 Å². The van der Waals surface area contributed by atoms with Crippen LogP contribution >= 0.6 is 22.9 Å². The summed E-state index contributed by atoms with van der Waals surface area (Å²) in [7, 11) is 0. The Balaban J connectivity index is 2.02. The quantitative estimate of drug-likeness (QED) is 0.837. The van der Waals surface area contributed by atoms with Gasteiger partial charge in [-0.05, 0) is 48.6 Å². The van der Waals surface area contributed by atoms with Crippen LogP contribution in [0.2, 0.25) is 4.34 Å². The summed E-state index contributed by atoms with van der Waals surface area (Å²) in [5.41, 5.74) is 2.25. The van der Waals surface area contributed by atoms with Gasteiger partial charge in [-0.1, -0.05) is 23.7 Å². The summed E-state index contributed by atoms with van der Waals surface area (Å²) in [6.07, 6.45) is 0. The predicted octanol–water partition coefficient (Wildman–Crippen LogP) is 4.95. The molecule has 2 rings (SSSR count). The van der Waals surface area contributed by atoms with Gasteiger partial charge in [0.05, 0.1) is 4.34 Å². The van der Waals surface area contributed by atoms with Crippen LogP contribution < -0.4 is 5.32 Å². The van der Waals surface area contributed by atoms with Gasteiger partial charge in [0, 0.05) is 12.1 Å². The van der Waals surface area contributed by atoms with Crippen molar-refractivity contribution < 1.29 is 4.39 Å². The molecule has 18 heavy (non-hydrogen) atoms. The van der Waals surface area contributed by atoms with Gasteiger partial charge < -0.3 is 5.32 Å². The molecule has 96 valence electrons. The van der Waals surface area contributed by atoms with E-state index in [0.29, 0.717) is 0 Å². The van der Waals surface area contributed by atoms with Gasteiger partial charge in [-0.2, -0.15) is 0 Å². The standard InChI is InChI=1S/C14H15ClFNS/c1-9(11-3-5-13(16)6-4-11)17-10(2)12-7-14(15)18-8-12/h3-10,17H,1-2H3/t9-,10?/m0/s1. The first-order chi connectivity index (χ1) is 8.56. The molecule has 0 aliphatic rings. The van der Waals surface area contributed by atoms with Crippen LogP contribution in [0.5, 0.6) is 0 Å². The molecule has 4 heteroatoms. The molecule has 1 N–H and O–H groups in total. The lowest BCUT2D eigenvalue weighted by Gasteiger charge is -2.19. The second-order valence-corrected chi connectivity index (χ2v) is 5.89. The van der Waals surface area contributed by atoms with Crippen molar-refractivity contribution in [3.05, 3.63) is 57.0 Å². The summed E-state index contributed by atoms with van der Waals surface area (Å²) >= 11 is 7.46. The van der Waals surface area contributed by atoms with E-state index >= 15 is 0 Å². The number of hydrogen-bond acceptors (Lipinski definition) is 2. The highest BCUT2D eigenvalue weighted by molar-refractivity contribution is 7.14. The highest BCUT2D eigenvalue weighted by atomic mass is 35.5. The Hall–Kier alpha value is -0.900. The molecule has 0 spiro atoms. The maximum Gasteiger partial charge on any atom is 0.123 e. The lowest BCUT2D eigenvalue weighted by atomic mass is 10.1. The lowest BCUT2D eigenvalue weighted by Crippen LogP contribution is -2.22. The molecule has 2 atom stereocenters. The van der Waals surface area contributed by atoms with E-state index in [1.54, 1.807) is 12.1 Å². The number of rotatable bonds is 4. The van der Waals surface area contributed by atoms with Crippen molar-refractivity contribution in [2.75, 3.05) is 0 Å². The van der Waals surface area contributed by atoms with E-state index in [0.717, 1.165) is 9.90 Å². The van der Waals surface area contributed by atoms with E-state index in [1.165, 1.54) is 29.0 Å². The second kappa shape index (κ2) is 5.83. The van der Waals surface area contributed by atoms with Crippen molar-refractivity contribution in [2.45, 2.75) is 25.9 Å². The molecule has 0 amide bonds. The number of benzene rings is 1. The van der Waals surface area contributed by atoms with Crippen LogP contribution in [0.15, 0.2) is 35.7 Å². The Morgan fingerprint density at radius 1 is 1.11 bits per heavy atom. The molecule has 0 bridgehead atoms. The first-order valence-corrected chi connectivity index (χ1v) is 7.07. The van der Waals surface area contributed by atoms with Crippen LogP contribution in [0, 0.1) is 5.82 Å². The van der Waals surface area contributed by atoms with Crippen molar-refractivity contribution >= 4 is 22.9 Å². The zero-order valence-electron chi connectivity index (χ0n) is 10.3. The van der Waals surface area contributed by atoms with Crippen LogP contribution in [0.25, 0.3) is 0 Å². The van der Waals surface area contributed by atoms with Crippen molar-refractivity contribution in [1.82, 2.24) is 5.32 Å². The predicted molar refractivity (Wildman–Crippen MR) is 75.7 cm³/mol. The first kappa shape index (κ1) is 13.5. The Morgan fingerprint density at radius 2 is 1.72 bits per heavy atom. The van der Waals surface area contributed by atoms with Crippen LogP contribution in [0.4, 0.5) is 4.39 Å². The largest absolute Gasteiger partial charge is 0.304 e. The van der Waals surface area contributed by atoms with Gasteiger partial charge in [-0.15, -0.1) is 11.3 Å². The summed E-state index contributed by atoms with van der Waals surface area (Å²) in [6.45, 7) is 4.16. The SMILES string of the molecule is CC(N[C@@H](C)c1ccc(F)cc1)c1csc(Cl)c1. The lowest BCUT2D eigenvalue weighted by molar-refractivity contribution is 0.495.